The van der Waals surface area contributed by atoms with Crippen LogP contribution in [0.3, 0.4) is 0 Å². The number of pyridine rings is 1. The molecular formula is C22H18F2N2O3. The largest absolute Gasteiger partial charge is 0.487 e. The van der Waals surface area contributed by atoms with E-state index < -0.39 is 12.5 Å². The summed E-state index contributed by atoms with van der Waals surface area (Å²) in [7, 11) is 0. The maximum atomic E-state index is 12.5. The van der Waals surface area contributed by atoms with Crippen molar-refractivity contribution in [3.8, 4) is 11.5 Å². The minimum atomic E-state index is -2.94. The molecule has 1 aromatic heterocycles. The molecular weight excluding hydrogens is 378 g/mol. The van der Waals surface area contributed by atoms with E-state index >= 15 is 0 Å². The number of alkyl halides is 2. The molecule has 5 nitrogen and oxygen atoms in total. The highest BCUT2D eigenvalue weighted by molar-refractivity contribution is 6.02. The minimum absolute atomic E-state index is 0.00327. The maximum Gasteiger partial charge on any atom is 0.387 e. The fourth-order valence-electron chi connectivity index (χ4n) is 2.48. The third-order valence-electron chi connectivity index (χ3n) is 3.76. The van der Waals surface area contributed by atoms with Gasteiger partial charge in [-0.1, -0.05) is 30.3 Å². The van der Waals surface area contributed by atoms with Crippen LogP contribution in [0.25, 0.3) is 6.08 Å². The topological polar surface area (TPSA) is 60.5 Å². The molecule has 2 aromatic carbocycles. The zero-order chi connectivity index (χ0) is 20.5. The third-order valence-corrected chi connectivity index (χ3v) is 3.76. The lowest BCUT2D eigenvalue weighted by Gasteiger charge is -2.08. The fraction of sp³-hybridized carbons (Fsp3) is 0.0909. The Labute approximate surface area is 166 Å². The Kier molecular flexibility index (Phi) is 6.89. The summed E-state index contributed by atoms with van der Waals surface area (Å²) in [5, 5.41) is 2.70. The molecule has 0 radical (unpaired) electrons. The van der Waals surface area contributed by atoms with Crippen molar-refractivity contribution in [2.24, 2.45) is 0 Å². The van der Waals surface area contributed by atoms with Crippen molar-refractivity contribution in [3.05, 3.63) is 90.3 Å². The first-order chi connectivity index (χ1) is 14.1. The Morgan fingerprint density at radius 3 is 2.69 bits per heavy atom. The van der Waals surface area contributed by atoms with Gasteiger partial charge in [0.15, 0.2) is 0 Å². The molecule has 0 unspecified atom stereocenters. The van der Waals surface area contributed by atoms with Crippen LogP contribution in [0.2, 0.25) is 0 Å². The predicted molar refractivity (Wildman–Crippen MR) is 106 cm³/mol. The average Bonchev–Trinajstić information content (AvgIpc) is 2.72. The Balaban J connectivity index is 1.60. The number of halogens is 2. The average molecular weight is 396 g/mol. The van der Waals surface area contributed by atoms with E-state index in [1.54, 1.807) is 48.7 Å². The van der Waals surface area contributed by atoms with E-state index in [1.165, 1.54) is 18.2 Å². The van der Waals surface area contributed by atoms with Crippen molar-refractivity contribution in [1.29, 1.82) is 0 Å². The number of hydrogen-bond acceptors (Lipinski definition) is 4. The lowest BCUT2D eigenvalue weighted by molar-refractivity contribution is -0.111. The molecule has 148 valence electrons. The first-order valence-corrected chi connectivity index (χ1v) is 8.76. The molecule has 0 aliphatic carbocycles. The van der Waals surface area contributed by atoms with E-state index in [4.69, 9.17) is 4.74 Å². The molecule has 0 saturated heterocycles. The van der Waals surface area contributed by atoms with E-state index in [0.717, 1.165) is 5.69 Å². The van der Waals surface area contributed by atoms with E-state index in [-0.39, 0.29) is 5.75 Å². The van der Waals surface area contributed by atoms with Crippen molar-refractivity contribution < 1.29 is 23.0 Å². The highest BCUT2D eigenvalue weighted by Crippen LogP contribution is 2.22. The van der Waals surface area contributed by atoms with Crippen LogP contribution in [0.15, 0.2) is 79.0 Å². The van der Waals surface area contributed by atoms with Crippen LogP contribution in [0.4, 0.5) is 14.5 Å². The van der Waals surface area contributed by atoms with Crippen molar-refractivity contribution in [2.75, 3.05) is 5.32 Å². The van der Waals surface area contributed by atoms with E-state index in [1.807, 2.05) is 18.2 Å². The van der Waals surface area contributed by atoms with Crippen LogP contribution >= 0.6 is 0 Å². The SMILES string of the molecule is O=C(/C=C/c1ccccc1OC(F)F)Nc1cccc(OCc2ccccn2)c1. The molecule has 29 heavy (non-hydrogen) atoms. The van der Waals surface area contributed by atoms with Gasteiger partial charge in [0, 0.05) is 29.6 Å². The molecule has 0 saturated carbocycles. The van der Waals surface area contributed by atoms with Gasteiger partial charge in [-0.25, -0.2) is 0 Å². The normalized spacial score (nSPS) is 10.9. The van der Waals surface area contributed by atoms with Crippen molar-refractivity contribution in [3.63, 3.8) is 0 Å². The summed E-state index contributed by atoms with van der Waals surface area (Å²) in [6.07, 6.45) is 4.34. The number of carbonyl (C=O) groups excluding carboxylic acids is 1. The van der Waals surface area contributed by atoms with Gasteiger partial charge in [0.05, 0.1) is 5.69 Å². The van der Waals surface area contributed by atoms with E-state index in [0.29, 0.717) is 23.6 Å². The van der Waals surface area contributed by atoms with E-state index in [2.05, 4.69) is 15.0 Å². The van der Waals surface area contributed by atoms with Crippen LogP contribution in [0, 0.1) is 0 Å². The van der Waals surface area contributed by atoms with Gasteiger partial charge in [-0.3, -0.25) is 9.78 Å². The summed E-state index contributed by atoms with van der Waals surface area (Å²) in [6.45, 7) is -2.63. The molecule has 0 aliphatic heterocycles. The Morgan fingerprint density at radius 1 is 1.07 bits per heavy atom. The molecule has 3 rings (SSSR count). The molecule has 0 aliphatic rings. The number of anilines is 1. The number of ether oxygens (including phenoxy) is 2. The molecule has 1 heterocycles. The zero-order valence-corrected chi connectivity index (χ0v) is 15.3. The Hall–Kier alpha value is -3.74. The van der Waals surface area contributed by atoms with Crippen molar-refractivity contribution in [1.82, 2.24) is 4.98 Å². The molecule has 0 atom stereocenters. The Bertz CT molecular complexity index is 979. The van der Waals surface area contributed by atoms with Crippen LogP contribution in [0.1, 0.15) is 11.3 Å². The van der Waals surface area contributed by atoms with Crippen LogP contribution < -0.4 is 14.8 Å². The number of nitrogens with one attached hydrogen (secondary N) is 1. The number of para-hydroxylation sites is 1. The second-order valence-corrected chi connectivity index (χ2v) is 5.88. The second kappa shape index (κ2) is 9.98. The number of aromatic nitrogens is 1. The summed E-state index contributed by atoms with van der Waals surface area (Å²) in [5.41, 5.74) is 1.69. The summed E-state index contributed by atoms with van der Waals surface area (Å²) in [5.74, 6) is 0.156. The number of carbonyl (C=O) groups is 1. The van der Waals surface area contributed by atoms with E-state index in [9.17, 15) is 13.6 Å². The highest BCUT2D eigenvalue weighted by atomic mass is 19.3. The Morgan fingerprint density at radius 2 is 1.90 bits per heavy atom. The summed E-state index contributed by atoms with van der Waals surface area (Å²) < 4.78 is 35.0. The summed E-state index contributed by atoms with van der Waals surface area (Å²) in [4.78, 5) is 16.4. The van der Waals surface area contributed by atoms with Gasteiger partial charge in [-0.2, -0.15) is 8.78 Å². The summed E-state index contributed by atoms with van der Waals surface area (Å²) >= 11 is 0. The van der Waals surface area contributed by atoms with Gasteiger partial charge in [0.1, 0.15) is 18.1 Å². The lowest BCUT2D eigenvalue weighted by Crippen LogP contribution is -2.08. The van der Waals surface area contributed by atoms with Gasteiger partial charge >= 0.3 is 6.61 Å². The predicted octanol–water partition coefficient (Wildman–Crippen LogP) is 4.91. The van der Waals surface area contributed by atoms with Gasteiger partial charge in [0.2, 0.25) is 5.91 Å². The van der Waals surface area contributed by atoms with Crippen molar-refractivity contribution >= 4 is 17.7 Å². The second-order valence-electron chi connectivity index (χ2n) is 5.88. The number of hydrogen-bond donors (Lipinski definition) is 1. The molecule has 0 bridgehead atoms. The fourth-order valence-corrected chi connectivity index (χ4v) is 2.48. The zero-order valence-electron chi connectivity index (χ0n) is 15.3. The quantitative estimate of drug-likeness (QED) is 0.550. The first kappa shape index (κ1) is 20.0. The summed E-state index contributed by atoms with van der Waals surface area (Å²) in [6, 6.07) is 18.7. The van der Waals surface area contributed by atoms with Gasteiger partial charge in [-0.05, 0) is 36.4 Å². The smallest absolute Gasteiger partial charge is 0.387 e. The highest BCUT2D eigenvalue weighted by Gasteiger charge is 2.07. The molecule has 1 amide bonds. The van der Waals surface area contributed by atoms with Gasteiger partial charge in [0.25, 0.3) is 0 Å². The monoisotopic (exact) mass is 396 g/mol. The third kappa shape index (κ3) is 6.42. The molecule has 1 N–H and O–H groups in total. The van der Waals surface area contributed by atoms with Crippen LogP contribution in [-0.2, 0) is 11.4 Å². The molecule has 0 fully saturated rings. The van der Waals surface area contributed by atoms with Gasteiger partial charge in [-0.15, -0.1) is 0 Å². The molecule has 0 spiro atoms. The maximum absolute atomic E-state index is 12.5. The van der Waals surface area contributed by atoms with Gasteiger partial charge < -0.3 is 14.8 Å². The van der Waals surface area contributed by atoms with Crippen LogP contribution in [0.5, 0.6) is 11.5 Å². The first-order valence-electron chi connectivity index (χ1n) is 8.76. The van der Waals surface area contributed by atoms with Crippen LogP contribution in [-0.4, -0.2) is 17.5 Å². The minimum Gasteiger partial charge on any atom is -0.487 e. The molecule has 3 aromatic rings. The number of nitrogens with zero attached hydrogens (tertiary/aromatic N) is 1. The van der Waals surface area contributed by atoms with Crippen molar-refractivity contribution in [2.45, 2.75) is 13.2 Å². The number of amides is 1. The lowest BCUT2D eigenvalue weighted by atomic mass is 10.2. The number of benzene rings is 2. The molecule has 7 heteroatoms. The standard InChI is InChI=1S/C22H18F2N2O3/c23-22(24)29-20-10-2-1-6-16(20)11-12-21(27)26-17-8-5-9-19(14-17)28-15-18-7-3-4-13-25-18/h1-14,22H,15H2,(H,26,27)/b12-11+. The number of rotatable bonds is 8.